The number of fused-ring (bicyclic) bond motifs is 2. The first kappa shape index (κ1) is 34.4. The number of phenols is 2. The summed E-state index contributed by atoms with van der Waals surface area (Å²) in [6, 6.07) is 8.15. The third-order valence-electron chi connectivity index (χ3n) is 8.97. The van der Waals surface area contributed by atoms with Crippen molar-refractivity contribution in [2.24, 2.45) is 11.8 Å². The van der Waals surface area contributed by atoms with Crippen LogP contribution in [0, 0.1) is 35.1 Å². The van der Waals surface area contributed by atoms with Crippen LogP contribution in [0.3, 0.4) is 0 Å². The van der Waals surface area contributed by atoms with E-state index in [0.29, 0.717) is 60.4 Å². The Kier molecular flexibility index (Phi) is 9.43. The number of likely N-dealkylation sites (tertiary alicyclic amines) is 1. The summed E-state index contributed by atoms with van der Waals surface area (Å²) in [6.45, 7) is 7.36. The molecule has 0 unspecified atom stereocenters. The minimum absolute atomic E-state index is 0.00199. The normalized spacial score (nSPS) is 14.4. The molecule has 0 radical (unpaired) electrons. The first-order chi connectivity index (χ1) is 25.1. The molecule has 6 aromatic rings. The van der Waals surface area contributed by atoms with Gasteiger partial charge in [0.05, 0.1) is 38.3 Å². The zero-order valence-corrected chi connectivity index (χ0v) is 27.5. The number of benzene rings is 2. The van der Waals surface area contributed by atoms with Gasteiger partial charge in [-0.15, -0.1) is 0 Å². The fourth-order valence-corrected chi connectivity index (χ4v) is 5.92. The molecule has 8 rings (SSSR count). The molecule has 1 amide bonds. The number of imidazole rings is 2. The van der Waals surface area contributed by atoms with E-state index in [1.54, 1.807) is 56.9 Å². The van der Waals surface area contributed by atoms with Crippen LogP contribution in [0.5, 0.6) is 23.0 Å². The predicted octanol–water partition coefficient (Wildman–Crippen LogP) is 5.59. The average molecular weight is 717 g/mol. The number of hydrogen-bond acceptors (Lipinski definition) is 8. The number of ether oxygens (including phenoxy) is 2. The maximum atomic E-state index is 14.3. The van der Waals surface area contributed by atoms with Crippen LogP contribution in [0.2, 0.25) is 0 Å². The number of amides is 1. The molecule has 2 aromatic carbocycles. The number of carbonyl (C=O) groups is 1. The number of pyridine rings is 2. The minimum Gasteiger partial charge on any atom is -0.505 e. The molecule has 6 heterocycles. The van der Waals surface area contributed by atoms with Gasteiger partial charge in [-0.05, 0) is 42.5 Å². The van der Waals surface area contributed by atoms with Gasteiger partial charge in [-0.2, -0.15) is 8.78 Å². The van der Waals surface area contributed by atoms with Crippen LogP contribution in [0.4, 0.5) is 17.6 Å². The van der Waals surface area contributed by atoms with Gasteiger partial charge in [0.2, 0.25) is 17.5 Å². The van der Waals surface area contributed by atoms with E-state index in [4.69, 9.17) is 9.47 Å². The van der Waals surface area contributed by atoms with E-state index in [1.165, 1.54) is 24.5 Å². The van der Waals surface area contributed by atoms with Crippen molar-refractivity contribution in [3.63, 3.8) is 0 Å². The summed E-state index contributed by atoms with van der Waals surface area (Å²) >= 11 is 0. The van der Waals surface area contributed by atoms with Crippen LogP contribution in [-0.2, 0) is 4.79 Å². The van der Waals surface area contributed by atoms with Crippen LogP contribution in [0.25, 0.3) is 33.3 Å². The van der Waals surface area contributed by atoms with Crippen molar-refractivity contribution in [2.45, 2.75) is 0 Å². The summed E-state index contributed by atoms with van der Waals surface area (Å²) in [7, 11) is 0. The monoisotopic (exact) mass is 716 g/mol. The van der Waals surface area contributed by atoms with E-state index >= 15 is 0 Å². The van der Waals surface area contributed by atoms with Gasteiger partial charge < -0.3 is 38.7 Å². The summed E-state index contributed by atoms with van der Waals surface area (Å²) in [5, 5.41) is 21.8. The molecular formula is C37H32F4N6O5. The highest BCUT2D eigenvalue weighted by atomic mass is 19.2. The van der Waals surface area contributed by atoms with Crippen LogP contribution < -0.4 is 14.8 Å². The Morgan fingerprint density at radius 2 is 1.27 bits per heavy atom. The average Bonchev–Trinajstić information content (AvgIpc) is 3.78. The number of nitrogens with one attached hydrogen (secondary N) is 1. The molecule has 11 nitrogen and oxygen atoms in total. The lowest BCUT2D eigenvalue weighted by atomic mass is 10.0. The van der Waals surface area contributed by atoms with E-state index in [9.17, 15) is 32.6 Å². The Morgan fingerprint density at radius 1 is 0.788 bits per heavy atom. The van der Waals surface area contributed by atoms with Crippen molar-refractivity contribution in [1.29, 1.82) is 0 Å². The van der Waals surface area contributed by atoms with Crippen LogP contribution in [-0.4, -0.2) is 79.2 Å². The number of aromatic nitrogens is 4. The van der Waals surface area contributed by atoms with Gasteiger partial charge in [0.25, 0.3) is 0 Å². The van der Waals surface area contributed by atoms with Gasteiger partial charge in [-0.1, -0.05) is 6.58 Å². The zero-order valence-electron chi connectivity index (χ0n) is 27.5. The van der Waals surface area contributed by atoms with E-state index in [0.717, 1.165) is 30.7 Å². The number of carbonyl (C=O) groups excluding carboxylic acids is 1. The second-order valence-electron chi connectivity index (χ2n) is 12.5. The molecule has 0 saturated carbocycles. The van der Waals surface area contributed by atoms with E-state index < -0.39 is 34.8 Å². The Labute approximate surface area is 294 Å². The number of phenolic OH excluding ortho intramolecular Hbond substituents is 2. The van der Waals surface area contributed by atoms with Crippen molar-refractivity contribution in [3.05, 3.63) is 110 Å². The summed E-state index contributed by atoms with van der Waals surface area (Å²) in [5.41, 5.74) is 2.32. The maximum Gasteiger partial charge on any atom is 0.245 e. The third kappa shape index (κ3) is 6.69. The molecular weight excluding hydrogens is 684 g/mol. The van der Waals surface area contributed by atoms with Crippen molar-refractivity contribution in [1.82, 2.24) is 29.0 Å². The summed E-state index contributed by atoms with van der Waals surface area (Å²) < 4.78 is 71.0. The van der Waals surface area contributed by atoms with Crippen molar-refractivity contribution in [2.75, 3.05) is 39.4 Å². The predicted molar refractivity (Wildman–Crippen MR) is 182 cm³/mol. The molecule has 2 aliphatic rings. The van der Waals surface area contributed by atoms with Crippen LogP contribution >= 0.6 is 0 Å². The standard InChI is InChI=1S/C20H17F2N3O3.C17H15F2N3O2/c1-2-18(27)24-7-12(8-24)10-28-17-5-13(9-25-11-23-6-15(17)25)14-3-4-16(26)20(22)19(14)21;18-16-12(1-2-14(23)17(16)19)11-3-15(24-8-10-4-20-5-10)13-6-21-9-22(13)7-11/h2-6,9,11-12,26H,1,7-8,10H2;1-3,6-7,9-10,20,23H,4-5,8H2. The molecule has 3 N–H and O–H groups in total. The van der Waals surface area contributed by atoms with Crippen LogP contribution in [0.15, 0.2) is 86.5 Å². The molecule has 52 heavy (non-hydrogen) atoms. The van der Waals surface area contributed by atoms with E-state index in [1.807, 2.05) is 0 Å². The Hall–Kier alpha value is -6.09. The molecule has 0 aliphatic carbocycles. The number of rotatable bonds is 9. The molecule has 0 atom stereocenters. The van der Waals surface area contributed by atoms with Gasteiger partial charge in [0.1, 0.15) is 22.5 Å². The van der Waals surface area contributed by atoms with Crippen molar-refractivity contribution >= 4 is 16.9 Å². The summed E-state index contributed by atoms with van der Waals surface area (Å²) in [5.74, 6) is -4.71. The molecule has 268 valence electrons. The first-order valence-electron chi connectivity index (χ1n) is 16.2. The lowest BCUT2D eigenvalue weighted by molar-refractivity contribution is -0.132. The molecule has 4 aromatic heterocycles. The Morgan fingerprint density at radius 3 is 1.71 bits per heavy atom. The van der Waals surface area contributed by atoms with Crippen molar-refractivity contribution < 1.29 is 42.0 Å². The maximum absolute atomic E-state index is 14.3. The van der Waals surface area contributed by atoms with Crippen LogP contribution in [0.1, 0.15) is 0 Å². The lowest BCUT2D eigenvalue weighted by Crippen LogP contribution is -2.51. The number of hydrogen-bond donors (Lipinski definition) is 3. The van der Waals surface area contributed by atoms with E-state index in [-0.39, 0.29) is 23.0 Å². The molecule has 2 saturated heterocycles. The zero-order chi connectivity index (χ0) is 36.5. The number of aromatic hydroxyl groups is 2. The Bertz CT molecular complexity index is 2300. The molecule has 0 bridgehead atoms. The highest BCUT2D eigenvalue weighted by Gasteiger charge is 2.30. The SMILES string of the molecule is C=CC(=O)N1CC(COc2cc(-c3ccc(O)c(F)c3F)cn3cncc23)C1.Oc1ccc(-c2cc(OCC3CNC3)c3cncn3c2)c(F)c1F. The first-order valence-corrected chi connectivity index (χ1v) is 16.2. The fraction of sp³-hybridized carbons (Fsp3) is 0.216. The Balaban J connectivity index is 0.000000164. The van der Waals surface area contributed by atoms with Crippen molar-refractivity contribution in [3.8, 4) is 45.3 Å². The molecule has 2 aliphatic heterocycles. The third-order valence-corrected chi connectivity index (χ3v) is 8.97. The second-order valence-corrected chi connectivity index (χ2v) is 12.5. The molecule has 15 heteroatoms. The number of halogens is 4. The van der Waals surface area contributed by atoms with Gasteiger partial charge in [0.15, 0.2) is 23.1 Å². The topological polar surface area (TPSA) is 126 Å². The highest BCUT2D eigenvalue weighted by Crippen LogP contribution is 2.35. The molecule has 0 spiro atoms. The second kappa shape index (κ2) is 14.3. The number of nitrogens with zero attached hydrogens (tertiary/aromatic N) is 5. The highest BCUT2D eigenvalue weighted by molar-refractivity contribution is 5.87. The summed E-state index contributed by atoms with van der Waals surface area (Å²) in [4.78, 5) is 21.3. The quantitative estimate of drug-likeness (QED) is 0.131. The molecule has 2 fully saturated rings. The lowest BCUT2D eigenvalue weighted by Gasteiger charge is -2.38. The van der Waals surface area contributed by atoms with Gasteiger partial charge in [0, 0.05) is 72.7 Å². The van der Waals surface area contributed by atoms with Gasteiger partial charge in [-0.3, -0.25) is 4.79 Å². The van der Waals surface area contributed by atoms with E-state index in [2.05, 4.69) is 21.9 Å². The summed E-state index contributed by atoms with van der Waals surface area (Å²) in [6.07, 6.45) is 10.9. The largest absolute Gasteiger partial charge is 0.505 e. The smallest absolute Gasteiger partial charge is 0.245 e. The minimum atomic E-state index is -1.30. The fourth-order valence-electron chi connectivity index (χ4n) is 5.92. The van der Waals surface area contributed by atoms with Gasteiger partial charge >= 0.3 is 0 Å². The van der Waals surface area contributed by atoms with Gasteiger partial charge in [-0.25, -0.2) is 18.7 Å².